The van der Waals surface area contributed by atoms with Gasteiger partial charge in [-0.05, 0) is 32.9 Å². The number of nitro groups is 1. The van der Waals surface area contributed by atoms with Gasteiger partial charge in [0.05, 0.1) is 10.2 Å². The fourth-order valence-corrected chi connectivity index (χ4v) is 3.60. The van der Waals surface area contributed by atoms with Crippen molar-refractivity contribution in [3.05, 3.63) is 40.3 Å². The molecule has 0 N–H and O–H groups in total. The summed E-state index contributed by atoms with van der Waals surface area (Å²) in [6.45, 7) is 7.77. The lowest BCUT2D eigenvalue weighted by Crippen LogP contribution is -2.27. The van der Waals surface area contributed by atoms with Gasteiger partial charge >= 0.3 is 0 Å². The van der Waals surface area contributed by atoms with Gasteiger partial charge in [-0.25, -0.2) is 0 Å². The summed E-state index contributed by atoms with van der Waals surface area (Å²) in [4.78, 5) is 12.3. The Hall–Kier alpha value is -2.00. The van der Waals surface area contributed by atoms with Gasteiger partial charge in [0, 0.05) is 30.8 Å². The highest BCUT2D eigenvalue weighted by Crippen LogP contribution is 2.31. The third-order valence-electron chi connectivity index (χ3n) is 3.41. The molecule has 24 heavy (non-hydrogen) atoms. The Balaban J connectivity index is 2.09. The first kappa shape index (κ1) is 18.3. The first-order valence-corrected chi connectivity index (χ1v) is 8.78. The number of benzene rings is 1. The molecular weight excluding hydrogens is 348 g/mol. The van der Waals surface area contributed by atoms with Crippen LogP contribution in [-0.4, -0.2) is 37.4 Å². The highest BCUT2D eigenvalue weighted by atomic mass is 32.2. The molecule has 0 saturated carbocycles. The van der Waals surface area contributed by atoms with Gasteiger partial charge in [0.1, 0.15) is 4.32 Å². The van der Waals surface area contributed by atoms with Crippen molar-refractivity contribution in [3.8, 4) is 11.5 Å². The van der Waals surface area contributed by atoms with E-state index < -0.39 is 4.92 Å². The monoisotopic (exact) mass is 366 g/mol. The van der Waals surface area contributed by atoms with Gasteiger partial charge in [-0.15, -0.1) is 10.2 Å². The Labute approximate surface area is 149 Å². The average Bonchev–Trinajstić information content (AvgIpc) is 3.06. The van der Waals surface area contributed by atoms with Crippen LogP contribution in [0.4, 0.5) is 5.69 Å². The molecule has 0 fully saturated rings. The van der Waals surface area contributed by atoms with Crippen LogP contribution in [0.1, 0.15) is 31.9 Å². The molecule has 0 aliphatic heterocycles. The molecule has 9 heteroatoms. The number of aromatic nitrogens is 2. The van der Waals surface area contributed by atoms with Crippen LogP contribution in [0.3, 0.4) is 0 Å². The topological polar surface area (TPSA) is 85.3 Å². The molecule has 2 aromatic rings. The molecular formula is C15H18N4O3S2. The summed E-state index contributed by atoms with van der Waals surface area (Å²) < 4.78 is 6.48. The standard InChI is InChI=1S/C15H18N4O3S2/c1-4-18(5-2)15(23)24-10(3)13-16-17-14(22-13)11-6-8-12(9-7-11)19(20)21/h6-10H,4-5H2,1-3H3/t10-/m0/s1. The largest absolute Gasteiger partial charge is 0.419 e. The number of thioether (sulfide) groups is 1. The van der Waals surface area contributed by atoms with Crippen molar-refractivity contribution in [3.63, 3.8) is 0 Å². The van der Waals surface area contributed by atoms with E-state index in [0.717, 1.165) is 17.4 Å². The zero-order valence-corrected chi connectivity index (χ0v) is 15.3. The van der Waals surface area contributed by atoms with Crippen LogP contribution in [0.25, 0.3) is 11.5 Å². The molecule has 0 unspecified atom stereocenters. The van der Waals surface area contributed by atoms with Gasteiger partial charge in [-0.1, -0.05) is 24.0 Å². The maximum atomic E-state index is 10.7. The molecule has 0 saturated heterocycles. The summed E-state index contributed by atoms with van der Waals surface area (Å²) in [6.07, 6.45) is 0. The Kier molecular flexibility index (Phi) is 6.27. The first-order chi connectivity index (χ1) is 11.5. The predicted octanol–water partition coefficient (Wildman–Crippen LogP) is 4.07. The number of rotatable bonds is 6. The van der Waals surface area contributed by atoms with Crippen LogP contribution < -0.4 is 0 Å². The second-order valence-electron chi connectivity index (χ2n) is 4.95. The highest BCUT2D eigenvalue weighted by Gasteiger charge is 2.19. The zero-order chi connectivity index (χ0) is 17.7. The smallest absolute Gasteiger partial charge is 0.269 e. The Bertz CT molecular complexity index is 714. The van der Waals surface area contributed by atoms with Gasteiger partial charge in [0.25, 0.3) is 5.69 Å². The van der Waals surface area contributed by atoms with Crippen molar-refractivity contribution >= 4 is 34.0 Å². The molecule has 1 heterocycles. The molecule has 0 amide bonds. The van der Waals surface area contributed by atoms with Gasteiger partial charge < -0.3 is 9.32 Å². The van der Waals surface area contributed by atoms with E-state index in [1.54, 1.807) is 12.1 Å². The fourth-order valence-electron chi connectivity index (χ4n) is 2.00. The SMILES string of the molecule is CCN(CC)C(=S)S[C@@H](C)c1nnc(-c2ccc([N+](=O)[O-])cc2)o1. The van der Waals surface area contributed by atoms with Crippen molar-refractivity contribution < 1.29 is 9.34 Å². The number of thiocarbonyl (C=S) groups is 1. The van der Waals surface area contributed by atoms with E-state index in [2.05, 4.69) is 28.9 Å². The highest BCUT2D eigenvalue weighted by molar-refractivity contribution is 8.23. The molecule has 0 bridgehead atoms. The van der Waals surface area contributed by atoms with Crippen LogP contribution in [0.15, 0.2) is 28.7 Å². The Morgan fingerprint density at radius 2 is 1.96 bits per heavy atom. The second-order valence-corrected chi connectivity index (χ2v) is 6.92. The van der Waals surface area contributed by atoms with Crippen molar-refractivity contribution in [1.82, 2.24) is 15.1 Å². The molecule has 1 atom stereocenters. The minimum Gasteiger partial charge on any atom is -0.419 e. The van der Waals surface area contributed by atoms with E-state index in [4.69, 9.17) is 16.6 Å². The normalized spacial score (nSPS) is 12.0. The second kappa shape index (κ2) is 8.20. The predicted molar refractivity (Wildman–Crippen MR) is 97.9 cm³/mol. The number of hydrogen-bond acceptors (Lipinski definition) is 7. The summed E-state index contributed by atoms with van der Waals surface area (Å²) in [5.74, 6) is 0.809. The molecule has 0 spiro atoms. The third kappa shape index (κ3) is 4.30. The van der Waals surface area contributed by atoms with Crippen LogP contribution in [-0.2, 0) is 0 Å². The van der Waals surface area contributed by atoms with Gasteiger partial charge in [-0.2, -0.15) is 0 Å². The molecule has 0 aliphatic rings. The molecule has 1 aromatic carbocycles. The zero-order valence-electron chi connectivity index (χ0n) is 13.6. The Morgan fingerprint density at radius 3 is 2.50 bits per heavy atom. The summed E-state index contributed by atoms with van der Waals surface area (Å²) in [6, 6.07) is 6.00. The van der Waals surface area contributed by atoms with E-state index in [9.17, 15) is 10.1 Å². The van der Waals surface area contributed by atoms with E-state index in [1.807, 2.05) is 6.92 Å². The van der Waals surface area contributed by atoms with Gasteiger partial charge in [0.2, 0.25) is 11.8 Å². The lowest BCUT2D eigenvalue weighted by atomic mass is 10.2. The summed E-state index contributed by atoms with van der Waals surface area (Å²) >= 11 is 6.92. The van der Waals surface area contributed by atoms with Gasteiger partial charge in [-0.3, -0.25) is 10.1 Å². The Morgan fingerprint density at radius 1 is 1.33 bits per heavy atom. The van der Waals surface area contributed by atoms with E-state index in [-0.39, 0.29) is 10.9 Å². The first-order valence-electron chi connectivity index (χ1n) is 7.50. The number of hydrogen-bond donors (Lipinski definition) is 0. The number of non-ortho nitro benzene ring substituents is 1. The van der Waals surface area contributed by atoms with Crippen molar-refractivity contribution in [2.45, 2.75) is 26.0 Å². The van der Waals surface area contributed by atoms with Crippen LogP contribution in [0.5, 0.6) is 0 Å². The molecule has 7 nitrogen and oxygen atoms in total. The summed E-state index contributed by atoms with van der Waals surface area (Å²) in [5.41, 5.74) is 0.662. The molecule has 0 radical (unpaired) electrons. The maximum Gasteiger partial charge on any atom is 0.269 e. The maximum absolute atomic E-state index is 10.7. The lowest BCUT2D eigenvalue weighted by molar-refractivity contribution is -0.384. The average molecular weight is 366 g/mol. The molecule has 0 aliphatic carbocycles. The fraction of sp³-hybridized carbons (Fsp3) is 0.400. The quantitative estimate of drug-likeness (QED) is 0.430. The van der Waals surface area contributed by atoms with Crippen LogP contribution >= 0.6 is 24.0 Å². The minimum atomic E-state index is -0.449. The minimum absolute atomic E-state index is 0.0204. The van der Waals surface area contributed by atoms with E-state index in [0.29, 0.717) is 17.3 Å². The van der Waals surface area contributed by atoms with Crippen molar-refractivity contribution in [1.29, 1.82) is 0 Å². The van der Waals surface area contributed by atoms with Crippen LogP contribution in [0, 0.1) is 10.1 Å². The van der Waals surface area contributed by atoms with Crippen LogP contribution in [0.2, 0.25) is 0 Å². The third-order valence-corrected chi connectivity index (χ3v) is 4.97. The van der Waals surface area contributed by atoms with Crippen molar-refractivity contribution in [2.75, 3.05) is 13.1 Å². The summed E-state index contributed by atoms with van der Waals surface area (Å²) in [5, 5.41) is 18.7. The number of nitro benzene ring substituents is 1. The van der Waals surface area contributed by atoms with Crippen molar-refractivity contribution in [2.24, 2.45) is 0 Å². The molecule has 2 rings (SSSR count). The lowest BCUT2D eigenvalue weighted by Gasteiger charge is -2.22. The van der Waals surface area contributed by atoms with E-state index >= 15 is 0 Å². The molecule has 1 aromatic heterocycles. The summed E-state index contributed by atoms with van der Waals surface area (Å²) in [7, 11) is 0. The number of nitrogens with zero attached hydrogens (tertiary/aromatic N) is 4. The molecule has 128 valence electrons. The van der Waals surface area contributed by atoms with Gasteiger partial charge in [0.15, 0.2) is 0 Å². The van der Waals surface area contributed by atoms with E-state index in [1.165, 1.54) is 23.9 Å².